The fourth-order valence-electron chi connectivity index (χ4n) is 6.67. The zero-order chi connectivity index (χ0) is 20.7. The molecule has 3 fully saturated rings. The van der Waals surface area contributed by atoms with E-state index in [4.69, 9.17) is 5.11 Å². The Balaban J connectivity index is 0.000000279. The van der Waals surface area contributed by atoms with Crippen LogP contribution in [-0.2, 0) is 9.53 Å². The van der Waals surface area contributed by atoms with Crippen molar-refractivity contribution in [2.45, 2.75) is 83.3 Å². The molecular formula is C22H33BrO5. The topological polar surface area (TPSA) is 83.8 Å². The summed E-state index contributed by atoms with van der Waals surface area (Å²) in [7, 11) is 0. The van der Waals surface area contributed by atoms with Gasteiger partial charge >= 0.3 is 6.16 Å². The van der Waals surface area contributed by atoms with Crippen molar-refractivity contribution in [3.05, 3.63) is 11.6 Å². The highest BCUT2D eigenvalue weighted by molar-refractivity contribution is 9.09. The molecular weight excluding hydrogens is 424 g/mol. The number of aliphatic hydroxyl groups excluding tert-OH is 1. The van der Waals surface area contributed by atoms with Gasteiger partial charge in [0, 0.05) is 6.42 Å². The number of ether oxygens (including phenoxy) is 1. The van der Waals surface area contributed by atoms with E-state index < -0.39 is 11.2 Å². The smallest absolute Gasteiger partial charge is 0.450 e. The summed E-state index contributed by atoms with van der Waals surface area (Å²) in [6, 6.07) is 0. The summed E-state index contributed by atoms with van der Waals surface area (Å²) in [5.41, 5.74) is 1.89. The van der Waals surface area contributed by atoms with Gasteiger partial charge in [-0.05, 0) is 102 Å². The molecule has 6 heteroatoms. The number of alkyl halides is 1. The number of carbonyl (C=O) groups excluding carboxylic acids is 1. The molecule has 0 amide bonds. The second-order valence-corrected chi connectivity index (χ2v) is 10.8. The third kappa shape index (κ3) is 3.91. The standard InChI is InChI=1S/C19H28O2.C3H5BrO3/c1-18-9-7-13(20)11-12(18)3-4-14-15-5-6-17(21)19(15,2)10-8-16(14)18;1-2(4)7-3(5)6/h11,14-17,21H,3-10H2,1-2H3;2H,1H3,(H,5,6)/t14-,15-,16-,17-,18-,19-;/m0./s1. The van der Waals surface area contributed by atoms with Gasteiger partial charge in [-0.25, -0.2) is 4.79 Å². The number of rotatable bonds is 1. The van der Waals surface area contributed by atoms with E-state index in [2.05, 4.69) is 34.5 Å². The van der Waals surface area contributed by atoms with Gasteiger partial charge in [0.15, 0.2) is 10.8 Å². The Bertz CT molecular complexity index is 659. The average molecular weight is 457 g/mol. The Morgan fingerprint density at radius 2 is 1.89 bits per heavy atom. The Labute approximate surface area is 176 Å². The lowest BCUT2D eigenvalue weighted by atomic mass is 9.47. The number of carbonyl (C=O) groups is 2. The second-order valence-electron chi connectivity index (χ2n) is 9.53. The molecule has 0 heterocycles. The zero-order valence-corrected chi connectivity index (χ0v) is 18.7. The molecule has 0 bridgehead atoms. The number of aliphatic hydroxyl groups is 1. The van der Waals surface area contributed by atoms with Crippen molar-refractivity contribution in [3.63, 3.8) is 0 Å². The Morgan fingerprint density at radius 3 is 2.50 bits per heavy atom. The molecule has 1 unspecified atom stereocenters. The molecule has 28 heavy (non-hydrogen) atoms. The molecule has 158 valence electrons. The lowest BCUT2D eigenvalue weighted by molar-refractivity contribution is -0.118. The first-order valence-electron chi connectivity index (χ1n) is 10.5. The molecule has 7 atom stereocenters. The molecule has 0 aromatic carbocycles. The van der Waals surface area contributed by atoms with Crippen LogP contribution in [0.5, 0.6) is 0 Å². The SMILES string of the molecule is CC(Br)OC(=O)O.C[C@]12CC[C@H]3[C@@H](CCC4=CC(=O)CC[C@@]43C)[C@@H]1CC[C@@H]2O. The van der Waals surface area contributed by atoms with Crippen molar-refractivity contribution in [2.75, 3.05) is 0 Å². The molecule has 0 aromatic heterocycles. The molecule has 0 saturated heterocycles. The highest BCUT2D eigenvalue weighted by Crippen LogP contribution is 2.65. The van der Waals surface area contributed by atoms with Gasteiger partial charge in [-0.15, -0.1) is 0 Å². The summed E-state index contributed by atoms with van der Waals surface area (Å²) >= 11 is 2.87. The molecule has 0 spiro atoms. The molecule has 3 saturated carbocycles. The lowest BCUT2D eigenvalue weighted by Crippen LogP contribution is -2.51. The maximum absolute atomic E-state index is 11.8. The third-order valence-electron chi connectivity index (χ3n) is 8.18. The summed E-state index contributed by atoms with van der Waals surface area (Å²) in [6.07, 6.45) is 9.45. The Hall–Kier alpha value is -0.880. The average Bonchev–Trinajstić information content (AvgIpc) is 2.90. The van der Waals surface area contributed by atoms with E-state index in [1.54, 1.807) is 6.92 Å². The van der Waals surface area contributed by atoms with Gasteiger partial charge in [0.1, 0.15) is 0 Å². The number of allylic oxidation sites excluding steroid dienone is 1. The number of fused-ring (bicyclic) bond motifs is 5. The number of ketones is 1. The van der Waals surface area contributed by atoms with Gasteiger partial charge in [0.05, 0.1) is 6.10 Å². The number of carboxylic acid groups (broad SMARTS) is 1. The maximum Gasteiger partial charge on any atom is 0.506 e. The summed E-state index contributed by atoms with van der Waals surface area (Å²) in [5, 5.41) is 17.9. The molecule has 2 N–H and O–H groups in total. The fourth-order valence-corrected chi connectivity index (χ4v) is 6.83. The number of hydrogen-bond acceptors (Lipinski definition) is 4. The predicted octanol–water partition coefficient (Wildman–Crippen LogP) is 5.30. The van der Waals surface area contributed by atoms with Crippen LogP contribution >= 0.6 is 15.9 Å². The first kappa shape index (κ1) is 21.8. The number of hydrogen-bond donors (Lipinski definition) is 2. The zero-order valence-electron chi connectivity index (χ0n) is 17.1. The molecule has 5 nitrogen and oxygen atoms in total. The monoisotopic (exact) mass is 456 g/mol. The van der Waals surface area contributed by atoms with Crippen molar-refractivity contribution in [2.24, 2.45) is 28.6 Å². The van der Waals surface area contributed by atoms with Crippen LogP contribution in [0.4, 0.5) is 4.79 Å². The first-order valence-corrected chi connectivity index (χ1v) is 11.4. The summed E-state index contributed by atoms with van der Waals surface area (Å²) in [4.78, 5) is 21.3. The van der Waals surface area contributed by atoms with E-state index in [0.29, 0.717) is 11.7 Å². The largest absolute Gasteiger partial charge is 0.506 e. The minimum absolute atomic E-state index is 0.0823. The van der Waals surface area contributed by atoms with E-state index in [0.717, 1.165) is 37.5 Å². The first-order chi connectivity index (χ1) is 13.1. The van der Waals surface area contributed by atoms with Crippen LogP contribution in [0, 0.1) is 28.6 Å². The van der Waals surface area contributed by atoms with Crippen LogP contribution < -0.4 is 0 Å². The summed E-state index contributed by atoms with van der Waals surface area (Å²) < 4.78 is 4.08. The predicted molar refractivity (Wildman–Crippen MR) is 110 cm³/mol. The van der Waals surface area contributed by atoms with E-state index in [1.807, 2.05) is 6.08 Å². The molecule has 4 aliphatic carbocycles. The third-order valence-corrected chi connectivity index (χ3v) is 8.36. The van der Waals surface area contributed by atoms with Crippen LogP contribution in [0.2, 0.25) is 0 Å². The van der Waals surface area contributed by atoms with Gasteiger partial charge < -0.3 is 14.9 Å². The highest BCUT2D eigenvalue weighted by atomic mass is 79.9. The van der Waals surface area contributed by atoms with Crippen molar-refractivity contribution < 1.29 is 24.5 Å². The lowest BCUT2D eigenvalue weighted by Gasteiger charge is -2.57. The van der Waals surface area contributed by atoms with Crippen LogP contribution in [0.3, 0.4) is 0 Å². The van der Waals surface area contributed by atoms with E-state index >= 15 is 0 Å². The van der Waals surface area contributed by atoms with Crippen LogP contribution in [0.15, 0.2) is 11.6 Å². The highest BCUT2D eigenvalue weighted by Gasteiger charge is 2.58. The van der Waals surface area contributed by atoms with Crippen LogP contribution in [0.1, 0.15) is 72.1 Å². The number of halogens is 1. The minimum Gasteiger partial charge on any atom is -0.450 e. The van der Waals surface area contributed by atoms with Crippen molar-refractivity contribution in [3.8, 4) is 0 Å². The van der Waals surface area contributed by atoms with E-state index in [1.165, 1.54) is 31.3 Å². The quantitative estimate of drug-likeness (QED) is 0.412. The van der Waals surface area contributed by atoms with Gasteiger partial charge in [-0.2, -0.15) is 0 Å². The Kier molecular flexibility index (Phi) is 6.31. The van der Waals surface area contributed by atoms with E-state index in [-0.39, 0.29) is 16.9 Å². The maximum atomic E-state index is 11.8. The van der Waals surface area contributed by atoms with Gasteiger partial charge in [0.25, 0.3) is 0 Å². The van der Waals surface area contributed by atoms with Gasteiger partial charge in [0.2, 0.25) is 0 Å². The van der Waals surface area contributed by atoms with Crippen LogP contribution in [-0.4, -0.2) is 33.3 Å². The molecule has 4 aliphatic rings. The molecule has 0 aliphatic heterocycles. The van der Waals surface area contributed by atoms with Gasteiger partial charge in [-0.3, -0.25) is 4.79 Å². The van der Waals surface area contributed by atoms with Gasteiger partial charge in [-0.1, -0.05) is 19.4 Å². The van der Waals surface area contributed by atoms with E-state index in [9.17, 15) is 14.7 Å². The Morgan fingerprint density at radius 1 is 1.18 bits per heavy atom. The summed E-state index contributed by atoms with van der Waals surface area (Å²) in [5.74, 6) is 2.57. The fraction of sp³-hybridized carbons (Fsp3) is 0.818. The molecule has 0 radical (unpaired) electrons. The van der Waals surface area contributed by atoms with Crippen molar-refractivity contribution in [1.82, 2.24) is 0 Å². The van der Waals surface area contributed by atoms with Crippen LogP contribution in [0.25, 0.3) is 0 Å². The molecule has 0 aromatic rings. The molecule has 4 rings (SSSR count). The van der Waals surface area contributed by atoms with Crippen molar-refractivity contribution >= 4 is 27.9 Å². The minimum atomic E-state index is -1.26. The summed E-state index contributed by atoms with van der Waals surface area (Å²) in [6.45, 7) is 6.34. The normalized spacial score (nSPS) is 42.8. The second kappa shape index (κ2) is 8.10. The van der Waals surface area contributed by atoms with Crippen molar-refractivity contribution in [1.29, 1.82) is 0 Å².